The Hall–Kier alpha value is -2.64. The van der Waals surface area contributed by atoms with Crippen molar-refractivity contribution < 1.29 is 32.3 Å². The smallest absolute Gasteiger partial charge is 0.416 e. The van der Waals surface area contributed by atoms with E-state index in [1.165, 1.54) is 12.1 Å². The number of carbonyl (C=O) groups excluding carboxylic acids is 1. The van der Waals surface area contributed by atoms with E-state index in [1.54, 1.807) is 18.2 Å². The molecule has 8 heteroatoms. The molecule has 2 atom stereocenters. The average Bonchev–Trinajstić information content (AvgIpc) is 2.47. The predicted molar refractivity (Wildman–Crippen MR) is 73.3 cm³/mol. The van der Waals surface area contributed by atoms with Gasteiger partial charge in [0.25, 0.3) is 5.91 Å². The monoisotopic (exact) mass is 329 g/mol. The molecule has 1 aliphatic carbocycles. The number of halogens is 4. The molecule has 0 heterocycles. The van der Waals surface area contributed by atoms with Crippen LogP contribution in [-0.2, 0) is 9.59 Å². The molecule has 0 fully saturated rings. The molecule has 0 spiro atoms. The summed E-state index contributed by atoms with van der Waals surface area (Å²) in [6, 6.07) is 7.60. The molecule has 122 valence electrons. The molecular weight excluding hydrogens is 318 g/mol. The van der Waals surface area contributed by atoms with Crippen LogP contribution in [0.15, 0.2) is 54.1 Å². The Labute approximate surface area is 128 Å². The van der Waals surface area contributed by atoms with Gasteiger partial charge in [-0.05, 0) is 18.2 Å². The SMILES string of the molecule is O=C(O)C1C=C(C(F)(F)F)C=CC1(F)C(=O)Nc1ccccc1. The number of hydrogen-bond acceptors (Lipinski definition) is 2. The largest absolute Gasteiger partial charge is 0.481 e. The molecule has 0 saturated heterocycles. The fourth-order valence-electron chi connectivity index (χ4n) is 2.08. The molecule has 2 unspecified atom stereocenters. The van der Waals surface area contributed by atoms with E-state index in [-0.39, 0.29) is 11.8 Å². The number of benzene rings is 1. The summed E-state index contributed by atoms with van der Waals surface area (Å²) >= 11 is 0. The number of carboxylic acid groups (broad SMARTS) is 1. The van der Waals surface area contributed by atoms with Crippen molar-refractivity contribution in [3.63, 3.8) is 0 Å². The second kappa shape index (κ2) is 5.86. The quantitative estimate of drug-likeness (QED) is 0.838. The van der Waals surface area contributed by atoms with Crippen LogP contribution < -0.4 is 5.32 Å². The number of nitrogens with one attached hydrogen (secondary N) is 1. The van der Waals surface area contributed by atoms with E-state index < -0.39 is 35.2 Å². The van der Waals surface area contributed by atoms with Gasteiger partial charge in [-0.2, -0.15) is 13.2 Å². The average molecular weight is 329 g/mol. The predicted octanol–water partition coefficient (Wildman–Crippen LogP) is 3.09. The van der Waals surface area contributed by atoms with E-state index in [0.29, 0.717) is 12.2 Å². The minimum atomic E-state index is -4.83. The number of amides is 1. The first-order valence-electron chi connectivity index (χ1n) is 6.41. The normalized spacial score (nSPS) is 24.0. The summed E-state index contributed by atoms with van der Waals surface area (Å²) in [4.78, 5) is 23.2. The fraction of sp³-hybridized carbons (Fsp3) is 0.200. The number of rotatable bonds is 3. The first-order valence-corrected chi connectivity index (χ1v) is 6.41. The van der Waals surface area contributed by atoms with Gasteiger partial charge in [-0.1, -0.05) is 30.4 Å². The highest BCUT2D eigenvalue weighted by atomic mass is 19.4. The number of aliphatic carboxylic acids is 1. The van der Waals surface area contributed by atoms with Crippen LogP contribution >= 0.6 is 0 Å². The van der Waals surface area contributed by atoms with Gasteiger partial charge in [-0.15, -0.1) is 0 Å². The zero-order valence-corrected chi connectivity index (χ0v) is 11.5. The lowest BCUT2D eigenvalue weighted by Crippen LogP contribution is -2.48. The Morgan fingerprint density at radius 2 is 1.78 bits per heavy atom. The lowest BCUT2D eigenvalue weighted by atomic mass is 9.82. The minimum absolute atomic E-state index is 0.192. The van der Waals surface area contributed by atoms with Crippen LogP contribution in [0.2, 0.25) is 0 Å². The van der Waals surface area contributed by atoms with Crippen molar-refractivity contribution in [2.24, 2.45) is 5.92 Å². The van der Waals surface area contributed by atoms with Crippen molar-refractivity contribution in [1.29, 1.82) is 0 Å². The Morgan fingerprint density at radius 3 is 2.30 bits per heavy atom. The highest BCUT2D eigenvalue weighted by Crippen LogP contribution is 2.38. The number of alkyl halides is 4. The first-order chi connectivity index (χ1) is 10.6. The molecule has 0 saturated carbocycles. The second-order valence-corrected chi connectivity index (χ2v) is 4.86. The van der Waals surface area contributed by atoms with Gasteiger partial charge < -0.3 is 10.4 Å². The molecular formula is C15H11F4NO3. The topological polar surface area (TPSA) is 66.4 Å². The zero-order valence-electron chi connectivity index (χ0n) is 11.5. The van der Waals surface area contributed by atoms with Crippen molar-refractivity contribution in [3.05, 3.63) is 54.1 Å². The fourth-order valence-corrected chi connectivity index (χ4v) is 2.08. The Balaban J connectivity index is 2.33. The second-order valence-electron chi connectivity index (χ2n) is 4.86. The summed E-state index contributed by atoms with van der Waals surface area (Å²) in [5.41, 5.74) is -4.25. The molecule has 1 aliphatic rings. The molecule has 0 radical (unpaired) electrons. The summed E-state index contributed by atoms with van der Waals surface area (Å²) in [5.74, 6) is -5.51. The van der Waals surface area contributed by atoms with E-state index in [0.717, 1.165) is 0 Å². The lowest BCUT2D eigenvalue weighted by molar-refractivity contribution is -0.148. The van der Waals surface area contributed by atoms with Crippen molar-refractivity contribution in [1.82, 2.24) is 0 Å². The van der Waals surface area contributed by atoms with Crippen molar-refractivity contribution in [2.75, 3.05) is 5.32 Å². The molecule has 23 heavy (non-hydrogen) atoms. The highest BCUT2D eigenvalue weighted by molar-refractivity contribution is 6.02. The number of carboxylic acids is 1. The van der Waals surface area contributed by atoms with Crippen LogP contribution in [0.5, 0.6) is 0 Å². The molecule has 1 aromatic carbocycles. The van der Waals surface area contributed by atoms with Crippen LogP contribution in [0.3, 0.4) is 0 Å². The summed E-state index contributed by atoms with van der Waals surface area (Å²) in [6.07, 6.45) is -3.94. The first kappa shape index (κ1) is 16.7. The van der Waals surface area contributed by atoms with Crippen LogP contribution in [-0.4, -0.2) is 28.8 Å². The van der Waals surface area contributed by atoms with Crippen LogP contribution in [0.25, 0.3) is 0 Å². The van der Waals surface area contributed by atoms with Gasteiger partial charge in [0.05, 0.1) is 5.57 Å². The van der Waals surface area contributed by atoms with Gasteiger partial charge in [-0.25, -0.2) is 4.39 Å². The Kier molecular flexibility index (Phi) is 4.26. The van der Waals surface area contributed by atoms with E-state index >= 15 is 0 Å². The maximum Gasteiger partial charge on any atom is 0.416 e. The third-order valence-corrected chi connectivity index (χ3v) is 3.28. The molecule has 0 aliphatic heterocycles. The summed E-state index contributed by atoms with van der Waals surface area (Å²) in [7, 11) is 0. The van der Waals surface area contributed by atoms with Crippen molar-refractivity contribution in [2.45, 2.75) is 11.8 Å². The number of hydrogen-bond donors (Lipinski definition) is 2. The van der Waals surface area contributed by atoms with Gasteiger partial charge in [0.15, 0.2) is 0 Å². The van der Waals surface area contributed by atoms with Gasteiger partial charge in [0, 0.05) is 5.69 Å². The zero-order chi connectivity index (χ0) is 17.3. The van der Waals surface area contributed by atoms with Crippen LogP contribution in [0.4, 0.5) is 23.2 Å². The van der Waals surface area contributed by atoms with Crippen LogP contribution in [0, 0.1) is 5.92 Å². The maximum atomic E-state index is 14.8. The maximum absolute atomic E-state index is 14.8. The molecule has 2 rings (SSSR count). The van der Waals surface area contributed by atoms with E-state index in [4.69, 9.17) is 5.11 Å². The summed E-state index contributed by atoms with van der Waals surface area (Å²) in [6.45, 7) is 0. The Bertz CT molecular complexity index is 682. The third kappa shape index (κ3) is 3.41. The minimum Gasteiger partial charge on any atom is -0.481 e. The van der Waals surface area contributed by atoms with Crippen molar-refractivity contribution >= 4 is 17.6 Å². The standard InChI is InChI=1S/C15H11F4NO3/c16-14(13(23)20-10-4-2-1-3-5-10)7-6-9(15(17,18)19)8-11(14)12(21)22/h1-8,11H,(H,20,23)(H,21,22). The molecule has 1 aromatic rings. The van der Waals surface area contributed by atoms with Gasteiger partial charge in [0.2, 0.25) is 5.67 Å². The van der Waals surface area contributed by atoms with Crippen molar-refractivity contribution in [3.8, 4) is 0 Å². The lowest BCUT2D eigenvalue weighted by Gasteiger charge is -2.29. The van der Waals surface area contributed by atoms with E-state index in [2.05, 4.69) is 5.32 Å². The Morgan fingerprint density at radius 1 is 1.17 bits per heavy atom. The molecule has 0 aromatic heterocycles. The van der Waals surface area contributed by atoms with E-state index in [9.17, 15) is 27.2 Å². The molecule has 2 N–H and O–H groups in total. The van der Waals surface area contributed by atoms with Gasteiger partial charge in [0.1, 0.15) is 5.92 Å². The van der Waals surface area contributed by atoms with E-state index in [1.807, 2.05) is 0 Å². The number of allylic oxidation sites excluding steroid dienone is 2. The third-order valence-electron chi connectivity index (χ3n) is 3.28. The number of carbonyl (C=O) groups is 2. The molecule has 1 amide bonds. The van der Waals surface area contributed by atoms with Gasteiger partial charge in [-0.3, -0.25) is 9.59 Å². The number of anilines is 1. The summed E-state index contributed by atoms with van der Waals surface area (Å²) < 4.78 is 52.8. The summed E-state index contributed by atoms with van der Waals surface area (Å²) in [5, 5.41) is 11.2. The molecule has 0 bridgehead atoms. The number of para-hydroxylation sites is 1. The van der Waals surface area contributed by atoms with Gasteiger partial charge >= 0.3 is 12.1 Å². The molecule has 4 nitrogen and oxygen atoms in total. The highest BCUT2D eigenvalue weighted by Gasteiger charge is 2.51. The van der Waals surface area contributed by atoms with Crippen LogP contribution in [0.1, 0.15) is 0 Å².